The van der Waals surface area contributed by atoms with Crippen LogP contribution in [-0.4, -0.2) is 25.7 Å². The molecule has 4 nitrogen and oxygen atoms in total. The van der Waals surface area contributed by atoms with Crippen LogP contribution in [0.2, 0.25) is 0 Å². The second kappa shape index (κ2) is 4.81. The van der Waals surface area contributed by atoms with E-state index in [1.165, 1.54) is 0 Å². The van der Waals surface area contributed by atoms with E-state index >= 15 is 0 Å². The first-order valence-corrected chi connectivity index (χ1v) is 7.92. The van der Waals surface area contributed by atoms with Gasteiger partial charge in [0.15, 0.2) is 0 Å². The fraction of sp³-hybridized carbons (Fsp3) is 0.200. The minimum atomic E-state index is -0.0905. The van der Waals surface area contributed by atoms with Crippen LogP contribution in [0.3, 0.4) is 0 Å². The quantitative estimate of drug-likeness (QED) is 0.697. The molecular formula is C20H18N2O2. The van der Waals surface area contributed by atoms with Crippen LogP contribution < -0.4 is 9.80 Å². The molecule has 0 N–H and O–H groups in total. The molecule has 0 amide bonds. The number of benzene rings is 2. The Labute approximate surface area is 141 Å². The monoisotopic (exact) mass is 318 g/mol. The summed E-state index contributed by atoms with van der Waals surface area (Å²) in [5.74, 6) is -0.181. The van der Waals surface area contributed by atoms with Crippen molar-refractivity contribution in [3.05, 3.63) is 70.0 Å². The van der Waals surface area contributed by atoms with E-state index in [-0.39, 0.29) is 11.6 Å². The Morgan fingerprint density at radius 3 is 1.42 bits per heavy atom. The van der Waals surface area contributed by atoms with Crippen LogP contribution in [0.1, 0.15) is 31.8 Å². The van der Waals surface area contributed by atoms with E-state index in [1.54, 1.807) is 0 Å². The van der Waals surface area contributed by atoms with Crippen LogP contribution in [0.15, 0.2) is 47.8 Å². The number of allylic oxidation sites excluding steroid dienone is 2. The summed E-state index contributed by atoms with van der Waals surface area (Å²) in [6.45, 7) is 3.99. The van der Waals surface area contributed by atoms with E-state index in [2.05, 4.69) is 0 Å². The van der Waals surface area contributed by atoms with Crippen molar-refractivity contribution in [2.45, 2.75) is 13.8 Å². The summed E-state index contributed by atoms with van der Waals surface area (Å²) >= 11 is 0. The predicted molar refractivity (Wildman–Crippen MR) is 94.9 cm³/mol. The summed E-state index contributed by atoms with van der Waals surface area (Å²) in [5, 5.41) is 0. The molecule has 24 heavy (non-hydrogen) atoms. The first-order chi connectivity index (χ1) is 11.4. The largest absolute Gasteiger partial charge is 0.339 e. The maximum atomic E-state index is 12.9. The SMILES string of the molecule is Cc1ccc2c(c1)N(C)/C(=C1\C(=O)c3ccc(C)cc3N1C)C2=O. The number of nitrogens with zero attached hydrogens (tertiary/aromatic N) is 2. The van der Waals surface area contributed by atoms with E-state index < -0.39 is 0 Å². The number of carbonyl (C=O) groups excluding carboxylic acids is 2. The van der Waals surface area contributed by atoms with Crippen molar-refractivity contribution in [3.8, 4) is 0 Å². The number of aryl methyl sites for hydroxylation is 2. The van der Waals surface area contributed by atoms with Gasteiger partial charge in [0.25, 0.3) is 0 Å². The van der Waals surface area contributed by atoms with E-state index in [9.17, 15) is 9.59 Å². The van der Waals surface area contributed by atoms with Gasteiger partial charge in [0.1, 0.15) is 11.4 Å². The number of carbonyl (C=O) groups is 2. The van der Waals surface area contributed by atoms with Gasteiger partial charge in [0.05, 0.1) is 11.4 Å². The van der Waals surface area contributed by atoms with Crippen molar-refractivity contribution in [2.24, 2.45) is 0 Å². The van der Waals surface area contributed by atoms with Crippen molar-refractivity contribution in [3.63, 3.8) is 0 Å². The van der Waals surface area contributed by atoms with E-state index in [0.717, 1.165) is 22.5 Å². The Morgan fingerprint density at radius 1 is 0.667 bits per heavy atom. The molecule has 2 aromatic carbocycles. The van der Waals surface area contributed by atoms with Crippen LogP contribution in [0.5, 0.6) is 0 Å². The molecule has 2 aliphatic rings. The third-order valence-corrected chi connectivity index (χ3v) is 4.84. The summed E-state index contributed by atoms with van der Waals surface area (Å²) in [4.78, 5) is 29.6. The van der Waals surface area contributed by atoms with Gasteiger partial charge in [-0.3, -0.25) is 9.59 Å². The Morgan fingerprint density at radius 2 is 1.04 bits per heavy atom. The van der Waals surface area contributed by atoms with E-state index in [1.807, 2.05) is 74.1 Å². The first-order valence-electron chi connectivity index (χ1n) is 7.92. The molecule has 0 spiro atoms. The average molecular weight is 318 g/mol. The minimum absolute atomic E-state index is 0.0905. The van der Waals surface area contributed by atoms with Crippen molar-refractivity contribution in [1.82, 2.24) is 0 Å². The number of fused-ring (bicyclic) bond motifs is 2. The number of Topliss-reactive ketones (excluding diaryl/α,β-unsaturated/α-hetero) is 2. The predicted octanol–water partition coefficient (Wildman–Crippen LogP) is 3.48. The topological polar surface area (TPSA) is 40.6 Å². The van der Waals surface area contributed by atoms with Gasteiger partial charge in [0, 0.05) is 25.2 Å². The standard InChI is InChI=1S/C20H18N2O2/c1-11-5-7-13-15(9-11)21(3)17(19(13)23)18-20(24)14-8-6-12(2)10-16(14)22(18)4/h5-10H,1-4H3/b18-17+. The second-order valence-corrected chi connectivity index (χ2v) is 6.51. The van der Waals surface area contributed by atoms with Crippen molar-refractivity contribution < 1.29 is 9.59 Å². The molecule has 4 heteroatoms. The average Bonchev–Trinajstić information content (AvgIpc) is 2.92. The molecule has 2 aliphatic heterocycles. The fourth-order valence-corrected chi connectivity index (χ4v) is 3.56. The molecule has 0 saturated carbocycles. The van der Waals surface area contributed by atoms with Gasteiger partial charge >= 0.3 is 0 Å². The lowest BCUT2D eigenvalue weighted by atomic mass is 10.1. The molecule has 4 rings (SSSR count). The molecule has 0 aromatic heterocycles. The lowest BCUT2D eigenvalue weighted by molar-refractivity contribution is 0.100. The number of hydrogen-bond acceptors (Lipinski definition) is 4. The smallest absolute Gasteiger partial charge is 0.213 e. The van der Waals surface area contributed by atoms with Crippen LogP contribution in [0, 0.1) is 13.8 Å². The zero-order valence-corrected chi connectivity index (χ0v) is 14.2. The summed E-state index contributed by atoms with van der Waals surface area (Å²) < 4.78 is 0. The third kappa shape index (κ3) is 1.80. The van der Waals surface area contributed by atoms with E-state index in [4.69, 9.17) is 0 Å². The Balaban J connectivity index is 1.93. The number of ketones is 2. The molecule has 0 unspecified atom stereocenters. The Hall–Kier alpha value is -2.88. The second-order valence-electron chi connectivity index (χ2n) is 6.51. The number of hydrogen-bond donors (Lipinski definition) is 0. The van der Waals surface area contributed by atoms with Gasteiger partial charge in [0.2, 0.25) is 11.6 Å². The molecule has 0 saturated heterocycles. The van der Waals surface area contributed by atoms with Crippen LogP contribution >= 0.6 is 0 Å². The number of likely N-dealkylation sites (N-methyl/N-ethyl adjacent to an activating group) is 2. The first kappa shape index (κ1) is 14.7. The number of anilines is 2. The summed E-state index contributed by atoms with van der Waals surface area (Å²) in [5.41, 5.74) is 6.10. The highest BCUT2D eigenvalue weighted by atomic mass is 16.1. The molecule has 120 valence electrons. The van der Waals surface area contributed by atoms with E-state index in [0.29, 0.717) is 22.5 Å². The summed E-state index contributed by atoms with van der Waals surface area (Å²) in [7, 11) is 3.70. The van der Waals surface area contributed by atoms with Crippen molar-refractivity contribution in [2.75, 3.05) is 23.9 Å². The number of rotatable bonds is 0. The van der Waals surface area contributed by atoms with Gasteiger partial charge < -0.3 is 9.80 Å². The summed E-state index contributed by atoms with van der Waals surface area (Å²) in [6.07, 6.45) is 0. The lowest BCUT2D eigenvalue weighted by Crippen LogP contribution is -2.25. The molecule has 2 aromatic rings. The lowest BCUT2D eigenvalue weighted by Gasteiger charge is -2.20. The molecule has 0 radical (unpaired) electrons. The molecule has 2 heterocycles. The normalized spacial score (nSPS) is 19.2. The molecule has 0 aliphatic carbocycles. The minimum Gasteiger partial charge on any atom is -0.339 e. The summed E-state index contributed by atoms with van der Waals surface area (Å²) in [6, 6.07) is 11.5. The Kier molecular flexibility index (Phi) is 2.94. The van der Waals surface area contributed by atoms with Gasteiger partial charge in [-0.15, -0.1) is 0 Å². The molecular weight excluding hydrogens is 300 g/mol. The zero-order valence-electron chi connectivity index (χ0n) is 14.2. The van der Waals surface area contributed by atoms with Crippen LogP contribution in [0.4, 0.5) is 11.4 Å². The Bertz CT molecular complexity index is 879. The highest BCUT2D eigenvalue weighted by Crippen LogP contribution is 2.41. The zero-order chi connectivity index (χ0) is 17.2. The highest BCUT2D eigenvalue weighted by molar-refractivity contribution is 6.28. The third-order valence-electron chi connectivity index (χ3n) is 4.84. The van der Waals surface area contributed by atoms with Gasteiger partial charge in [-0.25, -0.2) is 0 Å². The molecule has 0 bridgehead atoms. The maximum Gasteiger partial charge on any atom is 0.213 e. The molecule has 0 fully saturated rings. The van der Waals surface area contributed by atoms with Crippen molar-refractivity contribution >= 4 is 22.9 Å². The fourth-order valence-electron chi connectivity index (χ4n) is 3.56. The highest BCUT2D eigenvalue weighted by Gasteiger charge is 2.40. The molecule has 0 atom stereocenters. The van der Waals surface area contributed by atoms with Gasteiger partial charge in [-0.2, -0.15) is 0 Å². The van der Waals surface area contributed by atoms with Gasteiger partial charge in [-0.1, -0.05) is 12.1 Å². The maximum absolute atomic E-state index is 12.9. The van der Waals surface area contributed by atoms with Crippen molar-refractivity contribution in [1.29, 1.82) is 0 Å². The van der Waals surface area contributed by atoms with Crippen LogP contribution in [0.25, 0.3) is 0 Å². The van der Waals surface area contributed by atoms with Crippen LogP contribution in [-0.2, 0) is 0 Å². The van der Waals surface area contributed by atoms with Gasteiger partial charge in [-0.05, 0) is 49.2 Å².